The third-order valence-electron chi connectivity index (χ3n) is 4.19. The Balaban J connectivity index is 2.30. The van der Waals surface area contributed by atoms with Crippen LogP contribution in [0.15, 0.2) is 59.8 Å². The Morgan fingerprint density at radius 1 is 1.28 bits per heavy atom. The van der Waals surface area contributed by atoms with E-state index in [9.17, 15) is 18.5 Å². The number of nitrogens with zero attached hydrogens (tertiary/aromatic N) is 4. The van der Waals surface area contributed by atoms with Crippen LogP contribution in [-0.2, 0) is 16.6 Å². The molecule has 0 unspecified atom stereocenters. The lowest BCUT2D eigenvalue weighted by atomic mass is 10.1. The van der Waals surface area contributed by atoms with Crippen LogP contribution >= 0.6 is 0 Å². The monoisotopic (exact) mass is 414 g/mol. The molecule has 3 rings (SSSR count). The van der Waals surface area contributed by atoms with Crippen molar-refractivity contribution in [3.8, 4) is 17.3 Å². The third-order valence-corrected chi connectivity index (χ3v) is 5.86. The van der Waals surface area contributed by atoms with Crippen molar-refractivity contribution in [3.05, 3.63) is 71.9 Å². The van der Waals surface area contributed by atoms with Crippen LogP contribution in [0.1, 0.15) is 11.3 Å². The summed E-state index contributed by atoms with van der Waals surface area (Å²) >= 11 is 0. The van der Waals surface area contributed by atoms with Gasteiger partial charge < -0.3 is 10.0 Å². The first-order valence-corrected chi connectivity index (χ1v) is 9.71. The highest BCUT2D eigenvalue weighted by molar-refractivity contribution is 7.90. The van der Waals surface area contributed by atoms with Crippen molar-refractivity contribution in [2.45, 2.75) is 11.4 Å². The first-order chi connectivity index (χ1) is 13.8. The summed E-state index contributed by atoms with van der Waals surface area (Å²) in [6.07, 6.45) is 1.06. The largest absolute Gasteiger partial charge is 0.465 e. The normalized spacial score (nSPS) is 11.1. The first-order valence-electron chi connectivity index (χ1n) is 8.27. The summed E-state index contributed by atoms with van der Waals surface area (Å²) in [5.41, 5.74) is -0.715. The average Bonchev–Trinajstić information content (AvgIpc) is 3.05. The number of amides is 1. The zero-order chi connectivity index (χ0) is 21.2. The number of hydrogen-bond donors (Lipinski definition) is 1. The first kappa shape index (κ1) is 20.0. The Morgan fingerprint density at radius 2 is 1.97 bits per heavy atom. The molecule has 0 saturated carbocycles. The molecule has 0 atom stereocenters. The molecule has 2 heterocycles. The molecule has 0 bridgehead atoms. The fraction of sp³-hybridized carbons (Fsp3) is 0.105. The minimum Gasteiger partial charge on any atom is -0.465 e. The number of carboxylic acid groups (broad SMARTS) is 1. The van der Waals surface area contributed by atoms with Crippen molar-refractivity contribution in [1.29, 1.82) is 5.26 Å². The number of rotatable bonds is 5. The molecule has 1 amide bonds. The summed E-state index contributed by atoms with van der Waals surface area (Å²) in [6, 6.07) is 12.0. The second kappa shape index (κ2) is 7.73. The molecule has 2 aromatic heterocycles. The van der Waals surface area contributed by atoms with E-state index in [2.05, 4.69) is 4.98 Å². The van der Waals surface area contributed by atoms with Crippen molar-refractivity contribution in [3.63, 3.8) is 0 Å². The molecular formula is C19H15FN4O4S. The van der Waals surface area contributed by atoms with Gasteiger partial charge in [-0.1, -0.05) is 18.2 Å². The third kappa shape index (κ3) is 3.68. The molecule has 0 aliphatic rings. The van der Waals surface area contributed by atoms with Crippen LogP contribution in [0.5, 0.6) is 0 Å². The number of hydrogen-bond acceptors (Lipinski definition) is 5. The Morgan fingerprint density at radius 3 is 2.59 bits per heavy atom. The van der Waals surface area contributed by atoms with Gasteiger partial charge in [0.15, 0.2) is 5.82 Å². The molecule has 10 heteroatoms. The molecule has 0 spiro atoms. The predicted octanol–water partition coefficient (Wildman–Crippen LogP) is 2.91. The van der Waals surface area contributed by atoms with Crippen molar-refractivity contribution in [2.24, 2.45) is 0 Å². The maximum atomic E-state index is 15.3. The van der Waals surface area contributed by atoms with Crippen molar-refractivity contribution < 1.29 is 22.7 Å². The number of halogens is 1. The van der Waals surface area contributed by atoms with Gasteiger partial charge in [-0.2, -0.15) is 5.26 Å². The molecule has 0 aliphatic heterocycles. The highest BCUT2D eigenvalue weighted by Crippen LogP contribution is 2.32. The maximum absolute atomic E-state index is 15.3. The molecule has 8 nitrogen and oxygen atoms in total. The minimum absolute atomic E-state index is 0.0174. The molecular weight excluding hydrogens is 399 g/mol. The van der Waals surface area contributed by atoms with Crippen molar-refractivity contribution >= 4 is 16.1 Å². The van der Waals surface area contributed by atoms with Gasteiger partial charge in [-0.25, -0.2) is 26.6 Å². The van der Waals surface area contributed by atoms with Crippen LogP contribution in [-0.4, -0.2) is 40.5 Å². The summed E-state index contributed by atoms with van der Waals surface area (Å²) < 4.78 is 42.4. The summed E-state index contributed by atoms with van der Waals surface area (Å²) in [4.78, 5) is 15.7. The number of pyridine rings is 1. The number of carbonyl (C=O) groups is 1. The van der Waals surface area contributed by atoms with Gasteiger partial charge in [0.25, 0.3) is 10.0 Å². The van der Waals surface area contributed by atoms with Crippen LogP contribution < -0.4 is 0 Å². The van der Waals surface area contributed by atoms with E-state index in [4.69, 9.17) is 5.11 Å². The number of nitriles is 1. The lowest BCUT2D eigenvalue weighted by molar-refractivity contribution is 0.153. The molecule has 29 heavy (non-hydrogen) atoms. The van der Waals surface area contributed by atoms with Gasteiger partial charge in [-0.05, 0) is 24.3 Å². The lowest BCUT2D eigenvalue weighted by Crippen LogP contribution is -2.24. The van der Waals surface area contributed by atoms with Crippen LogP contribution in [0, 0.1) is 17.1 Å². The maximum Gasteiger partial charge on any atom is 0.407 e. The van der Waals surface area contributed by atoms with Crippen LogP contribution in [0.25, 0.3) is 11.3 Å². The van der Waals surface area contributed by atoms with Crippen molar-refractivity contribution in [2.75, 3.05) is 7.05 Å². The second-order valence-corrected chi connectivity index (χ2v) is 7.90. The second-order valence-electron chi connectivity index (χ2n) is 6.08. The summed E-state index contributed by atoms with van der Waals surface area (Å²) in [5.74, 6) is -0.942. The molecule has 0 radical (unpaired) electrons. The Labute approximate surface area is 166 Å². The fourth-order valence-corrected chi connectivity index (χ4v) is 4.18. The van der Waals surface area contributed by atoms with Gasteiger partial charge in [0.1, 0.15) is 17.5 Å². The molecule has 3 aromatic rings. The summed E-state index contributed by atoms with van der Waals surface area (Å²) in [6.45, 7) is -0.381. The van der Waals surface area contributed by atoms with E-state index < -0.39 is 21.9 Å². The zero-order valence-corrected chi connectivity index (χ0v) is 16.0. The quantitative estimate of drug-likeness (QED) is 0.686. The zero-order valence-electron chi connectivity index (χ0n) is 15.2. The van der Waals surface area contributed by atoms with E-state index in [-0.39, 0.29) is 34.0 Å². The smallest absolute Gasteiger partial charge is 0.407 e. The molecule has 0 saturated heterocycles. The molecule has 0 aliphatic carbocycles. The SMILES string of the molecule is CN(Cc1cn(S(=O)(=O)c2ccccc2)c(-c2cccnc2C#N)c1F)C(=O)O. The van der Waals surface area contributed by atoms with Crippen LogP contribution in [0.3, 0.4) is 0 Å². The highest BCUT2D eigenvalue weighted by Gasteiger charge is 2.29. The number of aromatic nitrogens is 2. The summed E-state index contributed by atoms with van der Waals surface area (Å²) in [7, 11) is -3.00. The average molecular weight is 414 g/mol. The van der Waals surface area contributed by atoms with Gasteiger partial charge in [0.05, 0.1) is 11.4 Å². The van der Waals surface area contributed by atoms with Gasteiger partial charge in [0, 0.05) is 30.6 Å². The van der Waals surface area contributed by atoms with Crippen LogP contribution in [0.2, 0.25) is 0 Å². The van der Waals surface area contributed by atoms with E-state index in [0.717, 1.165) is 15.1 Å². The molecule has 1 N–H and O–H groups in total. The Kier molecular flexibility index (Phi) is 5.34. The topological polar surface area (TPSA) is 116 Å². The standard InChI is InChI=1S/C19H15FN4O4S/c1-23(19(25)26)11-13-12-24(29(27,28)14-6-3-2-4-7-14)18(17(13)20)15-8-5-9-22-16(15)10-21/h2-9,12H,11H2,1H3,(H,25,26). The van der Waals surface area contributed by atoms with Crippen LogP contribution in [0.4, 0.5) is 9.18 Å². The van der Waals surface area contributed by atoms with Gasteiger partial charge in [-0.3, -0.25) is 0 Å². The highest BCUT2D eigenvalue weighted by atomic mass is 32.2. The predicted molar refractivity (Wildman–Crippen MR) is 101 cm³/mol. The molecule has 148 valence electrons. The van der Waals surface area contributed by atoms with Gasteiger partial charge in [-0.15, -0.1) is 0 Å². The fourth-order valence-electron chi connectivity index (χ4n) is 2.76. The lowest BCUT2D eigenvalue weighted by Gasteiger charge is -2.11. The molecule has 0 fully saturated rings. The Bertz CT molecular complexity index is 1220. The van der Waals surface area contributed by atoms with Crippen molar-refractivity contribution in [1.82, 2.24) is 13.9 Å². The summed E-state index contributed by atoms with van der Waals surface area (Å²) in [5, 5.41) is 18.4. The van der Waals surface area contributed by atoms with E-state index in [1.165, 1.54) is 49.6 Å². The van der Waals surface area contributed by atoms with E-state index >= 15 is 4.39 Å². The van der Waals surface area contributed by atoms with E-state index in [1.807, 2.05) is 6.07 Å². The minimum atomic E-state index is -4.23. The van der Waals surface area contributed by atoms with Gasteiger partial charge >= 0.3 is 6.09 Å². The van der Waals surface area contributed by atoms with E-state index in [0.29, 0.717) is 0 Å². The Hall–Kier alpha value is -3.71. The number of benzene rings is 1. The van der Waals surface area contributed by atoms with E-state index in [1.54, 1.807) is 6.07 Å². The van der Waals surface area contributed by atoms with Gasteiger partial charge in [0.2, 0.25) is 0 Å². The molecule has 1 aromatic carbocycles.